The van der Waals surface area contributed by atoms with Gasteiger partial charge in [-0.1, -0.05) is 11.3 Å². The molecular weight excluding hydrogens is 358 g/mol. The van der Waals surface area contributed by atoms with E-state index in [0.29, 0.717) is 6.42 Å². The van der Waals surface area contributed by atoms with Crippen LogP contribution in [0.2, 0.25) is 0 Å². The largest absolute Gasteiger partial charge is 0.351 e. The van der Waals surface area contributed by atoms with Gasteiger partial charge < -0.3 is 10.2 Å². The highest BCUT2D eigenvalue weighted by Gasteiger charge is 2.29. The van der Waals surface area contributed by atoms with Gasteiger partial charge in [0.2, 0.25) is 5.91 Å². The lowest BCUT2D eigenvalue weighted by molar-refractivity contribution is -0.380. The summed E-state index contributed by atoms with van der Waals surface area (Å²) in [7, 11) is -3.10. The van der Waals surface area contributed by atoms with Crippen LogP contribution in [0, 0.1) is 10.1 Å². The third kappa shape index (κ3) is 4.51. The molecule has 132 valence electrons. The van der Waals surface area contributed by atoms with Gasteiger partial charge in [0.05, 0.1) is 27.9 Å². The number of nitrogens with one attached hydrogen (secondary N) is 1. The van der Waals surface area contributed by atoms with Gasteiger partial charge >= 0.3 is 5.00 Å². The van der Waals surface area contributed by atoms with Crippen molar-refractivity contribution in [3.05, 3.63) is 27.1 Å². The van der Waals surface area contributed by atoms with Crippen molar-refractivity contribution in [2.24, 2.45) is 0 Å². The van der Waals surface area contributed by atoms with E-state index in [0.717, 1.165) is 11.3 Å². The Labute approximate surface area is 142 Å². The molecule has 2 amide bonds. The molecule has 0 bridgehead atoms. The van der Waals surface area contributed by atoms with Gasteiger partial charge in [-0.3, -0.25) is 19.7 Å². The zero-order valence-electron chi connectivity index (χ0n) is 12.9. The zero-order valence-corrected chi connectivity index (χ0v) is 14.6. The normalized spacial score (nSPS) is 19.0. The first-order valence-electron chi connectivity index (χ1n) is 7.25. The number of likely N-dealkylation sites (N-methyl/N-ethyl adjacent to an activating group) is 1. The number of nitrogens with zero attached hydrogens (tertiary/aromatic N) is 2. The lowest BCUT2D eigenvalue weighted by Crippen LogP contribution is -2.44. The Kier molecular flexibility index (Phi) is 5.54. The fourth-order valence-electron chi connectivity index (χ4n) is 2.38. The van der Waals surface area contributed by atoms with Gasteiger partial charge in [-0.25, -0.2) is 8.42 Å². The SMILES string of the molecule is CCN(CC(=O)NC1CCS(=O)(=O)C1)C(=O)c1ccc([N+](=O)[O-])s1. The molecule has 1 N–H and O–H groups in total. The van der Waals surface area contributed by atoms with Crippen molar-refractivity contribution < 1.29 is 22.9 Å². The number of carbonyl (C=O) groups excluding carboxylic acids is 2. The second kappa shape index (κ2) is 7.26. The van der Waals surface area contributed by atoms with Crippen LogP contribution in [0.4, 0.5) is 5.00 Å². The molecule has 1 aromatic heterocycles. The smallest absolute Gasteiger partial charge is 0.324 e. The van der Waals surface area contributed by atoms with Crippen molar-refractivity contribution in [1.29, 1.82) is 0 Å². The molecular formula is C13H17N3O6S2. The highest BCUT2D eigenvalue weighted by molar-refractivity contribution is 7.91. The molecule has 1 fully saturated rings. The minimum Gasteiger partial charge on any atom is -0.351 e. The summed E-state index contributed by atoms with van der Waals surface area (Å²) in [5.41, 5.74) is 0. The maximum absolute atomic E-state index is 12.3. The Morgan fingerprint density at radius 1 is 1.46 bits per heavy atom. The van der Waals surface area contributed by atoms with Crippen LogP contribution in [0.1, 0.15) is 23.0 Å². The van der Waals surface area contributed by atoms with E-state index in [1.165, 1.54) is 17.0 Å². The molecule has 1 saturated heterocycles. The Balaban J connectivity index is 1.96. The van der Waals surface area contributed by atoms with E-state index in [-0.39, 0.29) is 34.5 Å². The average molecular weight is 375 g/mol. The number of nitro groups is 1. The van der Waals surface area contributed by atoms with Crippen LogP contribution in [0.5, 0.6) is 0 Å². The van der Waals surface area contributed by atoms with Crippen molar-refractivity contribution in [2.75, 3.05) is 24.6 Å². The maximum Gasteiger partial charge on any atom is 0.324 e. The molecule has 0 radical (unpaired) electrons. The summed E-state index contributed by atoms with van der Waals surface area (Å²) >= 11 is 0.751. The van der Waals surface area contributed by atoms with Crippen LogP contribution < -0.4 is 5.32 Å². The number of sulfone groups is 1. The molecule has 0 saturated carbocycles. The first-order valence-corrected chi connectivity index (χ1v) is 9.89. The Morgan fingerprint density at radius 3 is 2.67 bits per heavy atom. The number of thiophene rings is 1. The predicted octanol–water partition coefficient (Wildman–Crippen LogP) is 0.422. The number of carbonyl (C=O) groups is 2. The zero-order chi connectivity index (χ0) is 17.9. The standard InChI is InChI=1S/C13H17N3O6S2/c1-2-15(13(18)10-3-4-12(23-10)16(19)20)7-11(17)14-9-5-6-24(21,22)8-9/h3-4,9H,2,5-8H2,1H3,(H,14,17). The number of hydrogen-bond acceptors (Lipinski definition) is 7. The lowest BCUT2D eigenvalue weighted by atomic mass is 10.2. The molecule has 9 nitrogen and oxygen atoms in total. The van der Waals surface area contributed by atoms with Crippen molar-refractivity contribution in [3.63, 3.8) is 0 Å². The van der Waals surface area contributed by atoms with E-state index in [1.54, 1.807) is 6.92 Å². The quantitative estimate of drug-likeness (QED) is 0.567. The van der Waals surface area contributed by atoms with E-state index in [1.807, 2.05) is 0 Å². The molecule has 1 atom stereocenters. The summed E-state index contributed by atoms with van der Waals surface area (Å²) in [6.45, 7) is 1.71. The Hall–Kier alpha value is -2.01. The maximum atomic E-state index is 12.3. The van der Waals surface area contributed by atoms with Gasteiger partial charge in [-0.05, 0) is 19.4 Å². The fraction of sp³-hybridized carbons (Fsp3) is 0.538. The third-order valence-electron chi connectivity index (χ3n) is 3.58. The Morgan fingerprint density at radius 2 is 2.17 bits per heavy atom. The molecule has 0 spiro atoms. The van der Waals surface area contributed by atoms with E-state index in [9.17, 15) is 28.1 Å². The van der Waals surface area contributed by atoms with Crippen molar-refractivity contribution >= 4 is 38.0 Å². The molecule has 1 aromatic rings. The minimum atomic E-state index is -3.10. The first-order chi connectivity index (χ1) is 11.2. The van der Waals surface area contributed by atoms with Gasteiger partial charge in [-0.2, -0.15) is 0 Å². The molecule has 0 aliphatic carbocycles. The average Bonchev–Trinajstić information content (AvgIpc) is 3.11. The molecule has 24 heavy (non-hydrogen) atoms. The van der Waals surface area contributed by atoms with Crippen LogP contribution in [0.15, 0.2) is 12.1 Å². The van der Waals surface area contributed by atoms with Crippen molar-refractivity contribution in [1.82, 2.24) is 10.2 Å². The molecule has 2 rings (SSSR count). The molecule has 1 aliphatic heterocycles. The van der Waals surface area contributed by atoms with Crippen LogP contribution in [-0.4, -0.2) is 60.7 Å². The first kappa shape index (κ1) is 18.3. The van der Waals surface area contributed by atoms with Crippen LogP contribution in [-0.2, 0) is 14.6 Å². The van der Waals surface area contributed by atoms with Crippen LogP contribution in [0.3, 0.4) is 0 Å². The van der Waals surface area contributed by atoms with E-state index < -0.39 is 32.6 Å². The predicted molar refractivity (Wildman–Crippen MR) is 87.8 cm³/mol. The van der Waals surface area contributed by atoms with Gasteiger partial charge in [0, 0.05) is 18.7 Å². The monoisotopic (exact) mass is 375 g/mol. The number of hydrogen-bond donors (Lipinski definition) is 1. The lowest BCUT2D eigenvalue weighted by Gasteiger charge is -2.20. The summed E-state index contributed by atoms with van der Waals surface area (Å²) in [6, 6.07) is 2.17. The molecule has 2 heterocycles. The van der Waals surface area contributed by atoms with E-state index in [4.69, 9.17) is 0 Å². The summed E-state index contributed by atoms with van der Waals surface area (Å²) in [5.74, 6) is -0.952. The summed E-state index contributed by atoms with van der Waals surface area (Å²) in [5, 5.41) is 13.1. The highest BCUT2D eigenvalue weighted by atomic mass is 32.2. The topological polar surface area (TPSA) is 127 Å². The van der Waals surface area contributed by atoms with Crippen LogP contribution in [0.25, 0.3) is 0 Å². The fourth-order valence-corrected chi connectivity index (χ4v) is 4.84. The van der Waals surface area contributed by atoms with Crippen molar-refractivity contribution in [3.8, 4) is 0 Å². The second-order valence-corrected chi connectivity index (χ2v) is 8.67. The summed E-state index contributed by atoms with van der Waals surface area (Å²) in [6.07, 6.45) is 0.366. The molecule has 0 aromatic carbocycles. The number of rotatable bonds is 6. The van der Waals surface area contributed by atoms with Gasteiger partial charge in [-0.15, -0.1) is 0 Å². The molecule has 1 aliphatic rings. The van der Waals surface area contributed by atoms with Crippen LogP contribution >= 0.6 is 11.3 Å². The van der Waals surface area contributed by atoms with Gasteiger partial charge in [0.15, 0.2) is 9.84 Å². The highest BCUT2D eigenvalue weighted by Crippen LogP contribution is 2.25. The minimum absolute atomic E-state index is 0.0488. The number of amides is 2. The molecule has 11 heteroatoms. The van der Waals surface area contributed by atoms with E-state index >= 15 is 0 Å². The second-order valence-electron chi connectivity index (χ2n) is 5.38. The molecule has 1 unspecified atom stereocenters. The van der Waals surface area contributed by atoms with Gasteiger partial charge in [0.1, 0.15) is 0 Å². The van der Waals surface area contributed by atoms with Crippen molar-refractivity contribution in [2.45, 2.75) is 19.4 Å². The summed E-state index contributed by atoms with van der Waals surface area (Å²) < 4.78 is 22.8. The van der Waals surface area contributed by atoms with E-state index in [2.05, 4.69) is 5.32 Å². The third-order valence-corrected chi connectivity index (χ3v) is 6.38. The Bertz CT molecular complexity index is 758. The summed E-state index contributed by atoms with van der Waals surface area (Å²) in [4.78, 5) is 35.9. The van der Waals surface area contributed by atoms with Gasteiger partial charge in [0.25, 0.3) is 5.91 Å².